The SMILES string of the molecule is CN(CCc1ccncc1)C(=O)c1cncc(Nc2ccc3c(c2)OCCO3)c1. The van der Waals surface area contributed by atoms with Crippen molar-refractivity contribution in [1.29, 1.82) is 0 Å². The number of likely N-dealkylation sites (N-methyl/N-ethyl adjacent to an activating group) is 1. The molecule has 1 aromatic carbocycles. The number of fused-ring (bicyclic) bond motifs is 1. The number of hydrogen-bond donors (Lipinski definition) is 1. The van der Waals surface area contributed by atoms with Gasteiger partial charge in [0.2, 0.25) is 0 Å². The van der Waals surface area contributed by atoms with Gasteiger partial charge in [0.15, 0.2) is 11.5 Å². The zero-order chi connectivity index (χ0) is 20.1. The molecule has 0 fully saturated rings. The van der Waals surface area contributed by atoms with Crippen LogP contribution in [0.5, 0.6) is 11.5 Å². The Balaban J connectivity index is 1.42. The van der Waals surface area contributed by atoms with E-state index in [1.807, 2.05) is 30.3 Å². The number of benzene rings is 1. The average Bonchev–Trinajstić information content (AvgIpc) is 2.78. The standard InChI is InChI=1S/C22H22N4O3/c1-26(9-6-16-4-7-23-8-5-16)22(27)17-12-19(15-24-14-17)25-18-2-3-20-21(13-18)29-11-10-28-20/h2-5,7-8,12-15,25H,6,9-11H2,1H3. The molecule has 1 amide bonds. The number of anilines is 2. The van der Waals surface area contributed by atoms with Gasteiger partial charge >= 0.3 is 0 Å². The van der Waals surface area contributed by atoms with Crippen molar-refractivity contribution in [3.8, 4) is 11.5 Å². The van der Waals surface area contributed by atoms with Gasteiger partial charge in [0.1, 0.15) is 13.2 Å². The van der Waals surface area contributed by atoms with Gasteiger partial charge in [-0.15, -0.1) is 0 Å². The van der Waals surface area contributed by atoms with Gasteiger partial charge in [0, 0.05) is 43.9 Å². The van der Waals surface area contributed by atoms with Gasteiger partial charge in [-0.05, 0) is 42.3 Å². The quantitative estimate of drug-likeness (QED) is 0.696. The van der Waals surface area contributed by atoms with Gasteiger partial charge in [0.05, 0.1) is 17.4 Å². The van der Waals surface area contributed by atoms with Crippen molar-refractivity contribution < 1.29 is 14.3 Å². The molecule has 2 aromatic heterocycles. The van der Waals surface area contributed by atoms with Crippen LogP contribution < -0.4 is 14.8 Å². The van der Waals surface area contributed by atoms with Crippen LogP contribution in [0, 0.1) is 0 Å². The molecule has 3 heterocycles. The lowest BCUT2D eigenvalue weighted by atomic mass is 10.2. The lowest BCUT2D eigenvalue weighted by molar-refractivity contribution is 0.0796. The van der Waals surface area contributed by atoms with Crippen molar-refractivity contribution in [2.45, 2.75) is 6.42 Å². The molecule has 0 spiro atoms. The van der Waals surface area contributed by atoms with E-state index in [9.17, 15) is 4.79 Å². The molecule has 3 aromatic rings. The highest BCUT2D eigenvalue weighted by atomic mass is 16.6. The monoisotopic (exact) mass is 390 g/mol. The lowest BCUT2D eigenvalue weighted by Crippen LogP contribution is -2.29. The van der Waals surface area contributed by atoms with Crippen LogP contribution in [0.4, 0.5) is 11.4 Å². The van der Waals surface area contributed by atoms with Gasteiger partial charge in [-0.1, -0.05) is 0 Å². The van der Waals surface area contributed by atoms with Crippen molar-refractivity contribution in [3.05, 3.63) is 72.3 Å². The summed E-state index contributed by atoms with van der Waals surface area (Å²) in [4.78, 5) is 22.7. The predicted molar refractivity (Wildman–Crippen MR) is 110 cm³/mol. The highest BCUT2D eigenvalue weighted by Crippen LogP contribution is 2.33. The highest BCUT2D eigenvalue weighted by Gasteiger charge is 2.14. The predicted octanol–water partition coefficient (Wildman–Crippen LogP) is 3.31. The second kappa shape index (κ2) is 8.60. The summed E-state index contributed by atoms with van der Waals surface area (Å²) in [6.07, 6.45) is 7.56. The van der Waals surface area contributed by atoms with Crippen LogP contribution in [0.15, 0.2) is 61.2 Å². The smallest absolute Gasteiger partial charge is 0.255 e. The zero-order valence-electron chi connectivity index (χ0n) is 16.2. The maximum atomic E-state index is 12.8. The summed E-state index contributed by atoms with van der Waals surface area (Å²) >= 11 is 0. The van der Waals surface area contributed by atoms with Crippen LogP contribution in [-0.4, -0.2) is 47.6 Å². The number of ether oxygens (including phenoxy) is 2. The van der Waals surface area contributed by atoms with Gasteiger partial charge in [0.25, 0.3) is 5.91 Å². The molecule has 0 radical (unpaired) electrons. The van der Waals surface area contributed by atoms with Crippen LogP contribution >= 0.6 is 0 Å². The van der Waals surface area contributed by atoms with E-state index in [1.54, 1.807) is 42.8 Å². The Bertz CT molecular complexity index is 994. The molecule has 7 heteroatoms. The topological polar surface area (TPSA) is 76.6 Å². The second-order valence-electron chi connectivity index (χ2n) is 6.78. The first-order valence-corrected chi connectivity index (χ1v) is 9.45. The maximum Gasteiger partial charge on any atom is 0.255 e. The maximum absolute atomic E-state index is 12.8. The minimum atomic E-state index is -0.0719. The molecule has 7 nitrogen and oxygen atoms in total. The van der Waals surface area contributed by atoms with Crippen molar-refractivity contribution in [3.63, 3.8) is 0 Å². The third-order valence-electron chi connectivity index (χ3n) is 4.65. The Hall–Kier alpha value is -3.61. The molecule has 1 aliphatic heterocycles. The summed E-state index contributed by atoms with van der Waals surface area (Å²) in [6, 6.07) is 11.4. The van der Waals surface area contributed by atoms with Crippen molar-refractivity contribution in [1.82, 2.24) is 14.9 Å². The van der Waals surface area contributed by atoms with Crippen LogP contribution in [0.2, 0.25) is 0 Å². The molecule has 0 atom stereocenters. The summed E-state index contributed by atoms with van der Waals surface area (Å²) in [6.45, 7) is 1.71. The number of carbonyl (C=O) groups is 1. The summed E-state index contributed by atoms with van der Waals surface area (Å²) in [7, 11) is 1.80. The number of nitrogens with zero attached hydrogens (tertiary/aromatic N) is 3. The Morgan fingerprint density at radius 3 is 2.62 bits per heavy atom. The number of nitrogens with one attached hydrogen (secondary N) is 1. The van der Waals surface area contributed by atoms with E-state index in [2.05, 4.69) is 15.3 Å². The Morgan fingerprint density at radius 2 is 1.79 bits per heavy atom. The van der Waals surface area contributed by atoms with Crippen LogP contribution in [0.3, 0.4) is 0 Å². The molecule has 148 valence electrons. The third kappa shape index (κ3) is 4.63. The van der Waals surface area contributed by atoms with Crippen molar-refractivity contribution in [2.75, 3.05) is 32.1 Å². The second-order valence-corrected chi connectivity index (χ2v) is 6.78. The first-order valence-electron chi connectivity index (χ1n) is 9.45. The lowest BCUT2D eigenvalue weighted by Gasteiger charge is -2.19. The fourth-order valence-corrected chi connectivity index (χ4v) is 3.08. The number of aromatic nitrogens is 2. The Kier molecular flexibility index (Phi) is 5.56. The Labute approximate surface area is 169 Å². The third-order valence-corrected chi connectivity index (χ3v) is 4.65. The molecule has 29 heavy (non-hydrogen) atoms. The molecule has 0 bridgehead atoms. The molecule has 1 aliphatic rings. The fraction of sp³-hybridized carbons (Fsp3) is 0.227. The summed E-state index contributed by atoms with van der Waals surface area (Å²) < 4.78 is 11.2. The normalized spacial score (nSPS) is 12.3. The minimum Gasteiger partial charge on any atom is -0.486 e. The van der Waals surface area contributed by atoms with E-state index < -0.39 is 0 Å². The van der Waals surface area contributed by atoms with Crippen LogP contribution in [0.25, 0.3) is 0 Å². The number of carbonyl (C=O) groups excluding carboxylic acids is 1. The van der Waals surface area contributed by atoms with Gasteiger partial charge < -0.3 is 19.7 Å². The molecule has 1 N–H and O–H groups in total. The van der Waals surface area contributed by atoms with Gasteiger partial charge in [-0.2, -0.15) is 0 Å². The van der Waals surface area contributed by atoms with Gasteiger partial charge in [-0.25, -0.2) is 0 Å². The molecule has 0 saturated heterocycles. The molecular weight excluding hydrogens is 368 g/mol. The van der Waals surface area contributed by atoms with E-state index in [4.69, 9.17) is 9.47 Å². The summed E-state index contributed by atoms with van der Waals surface area (Å²) in [5.41, 5.74) is 3.25. The molecule has 4 rings (SSSR count). The average molecular weight is 390 g/mol. The van der Waals surface area contributed by atoms with E-state index >= 15 is 0 Å². The fourth-order valence-electron chi connectivity index (χ4n) is 3.08. The van der Waals surface area contributed by atoms with Crippen LogP contribution in [0.1, 0.15) is 15.9 Å². The first-order chi connectivity index (χ1) is 14.2. The zero-order valence-corrected chi connectivity index (χ0v) is 16.2. The number of amides is 1. The van der Waals surface area contributed by atoms with E-state index in [1.165, 1.54) is 0 Å². The van der Waals surface area contributed by atoms with Crippen molar-refractivity contribution in [2.24, 2.45) is 0 Å². The molecule has 0 saturated carbocycles. The van der Waals surface area contributed by atoms with Crippen LogP contribution in [-0.2, 0) is 6.42 Å². The first kappa shape index (κ1) is 18.7. The number of hydrogen-bond acceptors (Lipinski definition) is 6. The van der Waals surface area contributed by atoms with Gasteiger partial charge in [-0.3, -0.25) is 14.8 Å². The molecule has 0 aliphatic carbocycles. The summed E-state index contributed by atoms with van der Waals surface area (Å²) in [5, 5.41) is 3.27. The molecular formula is C22H22N4O3. The van der Waals surface area contributed by atoms with E-state index in [-0.39, 0.29) is 5.91 Å². The van der Waals surface area contributed by atoms with E-state index in [0.29, 0.717) is 31.1 Å². The highest BCUT2D eigenvalue weighted by molar-refractivity contribution is 5.94. The van der Waals surface area contributed by atoms with E-state index in [0.717, 1.165) is 29.1 Å². The summed E-state index contributed by atoms with van der Waals surface area (Å²) in [5.74, 6) is 1.37. The minimum absolute atomic E-state index is 0.0719. The number of rotatable bonds is 6. The molecule has 0 unspecified atom stereocenters. The Morgan fingerprint density at radius 1 is 1.00 bits per heavy atom. The number of pyridine rings is 2. The van der Waals surface area contributed by atoms with Crippen molar-refractivity contribution >= 4 is 17.3 Å². The largest absolute Gasteiger partial charge is 0.486 e.